The zero-order valence-electron chi connectivity index (χ0n) is 15.3. The normalized spacial score (nSPS) is 12.8. The Bertz CT molecular complexity index is 1160. The van der Waals surface area contributed by atoms with E-state index in [1.807, 2.05) is 0 Å². The Morgan fingerprint density at radius 1 is 0.800 bits per heavy atom. The Hall–Kier alpha value is -2.86. The molecule has 0 aliphatic carbocycles. The smallest absolute Gasteiger partial charge is 0.263 e. The second kappa shape index (κ2) is 8.11. The maximum absolute atomic E-state index is 13.4. The molecule has 30 heavy (non-hydrogen) atoms. The van der Waals surface area contributed by atoms with Crippen LogP contribution in [0.1, 0.15) is 31.1 Å². The minimum atomic E-state index is -0.527. The predicted molar refractivity (Wildman–Crippen MR) is 117 cm³/mol. The summed E-state index contributed by atoms with van der Waals surface area (Å²) in [5, 5.41) is 0.806. The summed E-state index contributed by atoms with van der Waals surface area (Å²) in [5.74, 6) is -1.49. The number of anilines is 1. The number of carbonyl (C=O) groups excluding carboxylic acids is 3. The van der Waals surface area contributed by atoms with Crippen LogP contribution in [0.3, 0.4) is 0 Å². The second-order valence-electron chi connectivity index (χ2n) is 6.53. The standard InChI is InChI=1S/C22H13Cl3N2O3/c23-13-9-10-16(18(25)11-13)22(30)26(19-8-4-3-7-17(19)24)12-27-20(28)14-5-1-2-6-15(14)21(27)29/h1-11H,12H2. The van der Waals surface area contributed by atoms with Crippen LogP contribution in [0, 0.1) is 0 Å². The first-order valence-corrected chi connectivity index (χ1v) is 9.98. The molecule has 0 aromatic heterocycles. The molecule has 4 rings (SSSR count). The van der Waals surface area contributed by atoms with Gasteiger partial charge in [-0.1, -0.05) is 59.1 Å². The maximum Gasteiger partial charge on any atom is 0.263 e. The number of benzene rings is 3. The van der Waals surface area contributed by atoms with Crippen molar-refractivity contribution in [3.63, 3.8) is 0 Å². The van der Waals surface area contributed by atoms with Gasteiger partial charge < -0.3 is 0 Å². The van der Waals surface area contributed by atoms with Gasteiger partial charge in [-0.2, -0.15) is 0 Å². The number of fused-ring (bicyclic) bond motifs is 1. The van der Waals surface area contributed by atoms with Crippen molar-refractivity contribution in [3.8, 4) is 0 Å². The van der Waals surface area contributed by atoms with Crippen molar-refractivity contribution in [2.45, 2.75) is 0 Å². The van der Waals surface area contributed by atoms with E-state index in [0.29, 0.717) is 21.8 Å². The quantitative estimate of drug-likeness (QED) is 0.481. The third kappa shape index (κ3) is 3.56. The van der Waals surface area contributed by atoms with Crippen LogP contribution in [0.4, 0.5) is 5.69 Å². The predicted octanol–water partition coefficient (Wildman–Crippen LogP) is 5.55. The number of nitrogens with zero attached hydrogens (tertiary/aromatic N) is 2. The number of imide groups is 1. The molecule has 3 amide bonds. The van der Waals surface area contributed by atoms with E-state index in [9.17, 15) is 14.4 Å². The minimum absolute atomic E-state index is 0.145. The lowest BCUT2D eigenvalue weighted by Gasteiger charge is -2.28. The molecular formula is C22H13Cl3N2O3. The lowest BCUT2D eigenvalue weighted by molar-refractivity contribution is 0.0650. The van der Waals surface area contributed by atoms with Gasteiger partial charge in [0.25, 0.3) is 17.7 Å². The van der Waals surface area contributed by atoms with E-state index in [1.165, 1.54) is 23.1 Å². The molecule has 0 bridgehead atoms. The zero-order valence-corrected chi connectivity index (χ0v) is 17.6. The fourth-order valence-corrected chi connectivity index (χ4v) is 3.96. The van der Waals surface area contributed by atoms with Gasteiger partial charge >= 0.3 is 0 Å². The topological polar surface area (TPSA) is 57.7 Å². The largest absolute Gasteiger partial charge is 0.288 e. The highest BCUT2D eigenvalue weighted by Gasteiger charge is 2.37. The average Bonchev–Trinajstić information content (AvgIpc) is 2.97. The highest BCUT2D eigenvalue weighted by Crippen LogP contribution is 2.31. The number of carbonyl (C=O) groups is 3. The zero-order chi connectivity index (χ0) is 21.4. The SMILES string of the molecule is O=C1c2ccccc2C(=O)N1CN(C(=O)c1ccc(Cl)cc1Cl)c1ccccc1Cl. The lowest BCUT2D eigenvalue weighted by Crippen LogP contribution is -2.44. The molecule has 0 fully saturated rings. The summed E-state index contributed by atoms with van der Waals surface area (Å²) in [6.07, 6.45) is 0. The third-order valence-electron chi connectivity index (χ3n) is 4.71. The summed E-state index contributed by atoms with van der Waals surface area (Å²) >= 11 is 18.5. The van der Waals surface area contributed by atoms with Gasteiger partial charge in [-0.15, -0.1) is 0 Å². The number of para-hydroxylation sites is 1. The molecule has 150 valence electrons. The number of hydrogen-bond donors (Lipinski definition) is 0. The van der Waals surface area contributed by atoms with Crippen LogP contribution in [0.2, 0.25) is 15.1 Å². The summed E-state index contributed by atoms with van der Waals surface area (Å²) < 4.78 is 0. The molecule has 8 heteroatoms. The van der Waals surface area contributed by atoms with Gasteiger partial charge in [0, 0.05) is 5.02 Å². The molecule has 1 aliphatic heterocycles. The van der Waals surface area contributed by atoms with Crippen molar-refractivity contribution in [2.75, 3.05) is 11.6 Å². The molecule has 0 saturated carbocycles. The Labute approximate surface area is 187 Å². The molecule has 0 unspecified atom stereocenters. The van der Waals surface area contributed by atoms with Gasteiger partial charge in [0.1, 0.15) is 6.67 Å². The van der Waals surface area contributed by atoms with Crippen LogP contribution in [0.15, 0.2) is 66.7 Å². The number of hydrogen-bond acceptors (Lipinski definition) is 3. The third-order valence-corrected chi connectivity index (χ3v) is 5.58. The number of amides is 3. The highest BCUT2D eigenvalue weighted by molar-refractivity contribution is 6.38. The van der Waals surface area contributed by atoms with Crippen LogP contribution < -0.4 is 4.90 Å². The van der Waals surface area contributed by atoms with E-state index in [4.69, 9.17) is 34.8 Å². The van der Waals surface area contributed by atoms with Gasteiger partial charge in [-0.3, -0.25) is 24.2 Å². The fraction of sp³-hybridized carbons (Fsp3) is 0.0455. The number of rotatable bonds is 4. The Kier molecular flexibility index (Phi) is 5.52. The van der Waals surface area contributed by atoms with Gasteiger partial charge in [-0.25, -0.2) is 0 Å². The molecule has 5 nitrogen and oxygen atoms in total. The molecule has 0 saturated heterocycles. The van der Waals surface area contributed by atoms with Gasteiger partial charge in [0.05, 0.1) is 32.4 Å². The van der Waals surface area contributed by atoms with E-state index in [1.54, 1.807) is 48.5 Å². The van der Waals surface area contributed by atoms with Crippen molar-refractivity contribution in [1.82, 2.24) is 4.90 Å². The van der Waals surface area contributed by atoms with E-state index >= 15 is 0 Å². The van der Waals surface area contributed by atoms with Crippen LogP contribution in [-0.4, -0.2) is 29.3 Å². The minimum Gasteiger partial charge on any atom is -0.288 e. The van der Waals surface area contributed by atoms with E-state index < -0.39 is 17.7 Å². The summed E-state index contributed by atoms with van der Waals surface area (Å²) in [5.41, 5.74) is 1.08. The molecule has 0 N–H and O–H groups in total. The summed E-state index contributed by atoms with van der Waals surface area (Å²) in [6.45, 7) is -0.326. The van der Waals surface area contributed by atoms with E-state index in [2.05, 4.69) is 0 Å². The van der Waals surface area contributed by atoms with Crippen LogP contribution in [-0.2, 0) is 0 Å². The van der Waals surface area contributed by atoms with Crippen molar-refractivity contribution < 1.29 is 14.4 Å². The lowest BCUT2D eigenvalue weighted by atomic mass is 10.1. The maximum atomic E-state index is 13.4. The van der Waals surface area contributed by atoms with Crippen molar-refractivity contribution in [2.24, 2.45) is 0 Å². The molecule has 0 radical (unpaired) electrons. The van der Waals surface area contributed by atoms with Crippen LogP contribution in [0.25, 0.3) is 0 Å². The molecule has 3 aromatic carbocycles. The van der Waals surface area contributed by atoms with E-state index in [0.717, 1.165) is 4.90 Å². The van der Waals surface area contributed by atoms with Gasteiger partial charge in [0.15, 0.2) is 0 Å². The molecule has 0 atom stereocenters. The first-order chi connectivity index (χ1) is 14.4. The van der Waals surface area contributed by atoms with Crippen LogP contribution in [0.5, 0.6) is 0 Å². The van der Waals surface area contributed by atoms with Gasteiger partial charge in [0.2, 0.25) is 0 Å². The summed E-state index contributed by atoms with van der Waals surface area (Å²) in [6, 6.07) is 17.6. The first-order valence-electron chi connectivity index (χ1n) is 8.85. The van der Waals surface area contributed by atoms with E-state index in [-0.39, 0.29) is 22.3 Å². The van der Waals surface area contributed by atoms with Crippen molar-refractivity contribution in [3.05, 3.63) is 98.5 Å². The molecule has 1 aliphatic rings. The molecule has 1 heterocycles. The highest BCUT2D eigenvalue weighted by atomic mass is 35.5. The molecule has 0 spiro atoms. The van der Waals surface area contributed by atoms with Crippen LogP contribution >= 0.6 is 34.8 Å². The van der Waals surface area contributed by atoms with Gasteiger partial charge in [-0.05, 0) is 42.5 Å². The van der Waals surface area contributed by atoms with Crippen molar-refractivity contribution >= 4 is 58.2 Å². The monoisotopic (exact) mass is 458 g/mol. The molecule has 3 aromatic rings. The van der Waals surface area contributed by atoms with Crippen molar-refractivity contribution in [1.29, 1.82) is 0 Å². The second-order valence-corrected chi connectivity index (χ2v) is 7.78. The fourth-order valence-electron chi connectivity index (χ4n) is 3.24. The Balaban J connectivity index is 1.76. The summed E-state index contributed by atoms with van der Waals surface area (Å²) in [4.78, 5) is 41.3. The molecular weight excluding hydrogens is 447 g/mol. The number of halogens is 3. The average molecular weight is 460 g/mol. The Morgan fingerprint density at radius 3 is 2.00 bits per heavy atom. The summed E-state index contributed by atoms with van der Waals surface area (Å²) in [7, 11) is 0. The Morgan fingerprint density at radius 2 is 1.40 bits per heavy atom. The first kappa shape index (κ1) is 20.4.